The Kier molecular flexibility index (Phi) is 4.58. The molecule has 0 spiro atoms. The number of hydrazine groups is 1. The van der Waals surface area contributed by atoms with E-state index in [1.165, 1.54) is 0 Å². The van der Waals surface area contributed by atoms with Gasteiger partial charge in [-0.3, -0.25) is 9.61 Å². The van der Waals surface area contributed by atoms with Crippen LogP contribution in [-0.4, -0.2) is 56.8 Å². The Balaban J connectivity index is 2.50. The Bertz CT molecular complexity index is 322. The zero-order chi connectivity index (χ0) is 12.3. The summed E-state index contributed by atoms with van der Waals surface area (Å²) in [6, 6.07) is 0. The van der Waals surface area contributed by atoms with Crippen LogP contribution >= 0.6 is 0 Å². The molecular weight excluding hydrogens is 242 g/mol. The van der Waals surface area contributed by atoms with Crippen molar-refractivity contribution in [3.63, 3.8) is 0 Å². The summed E-state index contributed by atoms with van der Waals surface area (Å²) in [5.74, 6) is 0. The van der Waals surface area contributed by atoms with Gasteiger partial charge in [-0.25, -0.2) is 10.6 Å². The molecule has 0 bridgehead atoms. The van der Waals surface area contributed by atoms with Crippen molar-refractivity contribution in [2.24, 2.45) is 5.14 Å². The highest BCUT2D eigenvalue weighted by atomic mass is 32.2. The van der Waals surface area contributed by atoms with Crippen molar-refractivity contribution in [3.8, 4) is 0 Å². The predicted molar refractivity (Wildman–Crippen MR) is 51.9 cm³/mol. The lowest BCUT2D eigenvalue weighted by Crippen LogP contribution is -2.46. The zero-order valence-corrected chi connectivity index (χ0v) is 9.35. The van der Waals surface area contributed by atoms with Gasteiger partial charge in [0.05, 0.1) is 6.61 Å². The summed E-state index contributed by atoms with van der Waals surface area (Å²) < 4.78 is 30.4. The summed E-state index contributed by atoms with van der Waals surface area (Å²) in [5.41, 5.74) is 5.06. The number of hydrogen-bond donors (Lipinski definition) is 5. The summed E-state index contributed by atoms with van der Waals surface area (Å²) in [5, 5.41) is 23.6. The molecule has 16 heavy (non-hydrogen) atoms. The van der Waals surface area contributed by atoms with E-state index in [0.717, 1.165) is 0 Å². The Labute approximate surface area is 92.8 Å². The lowest BCUT2D eigenvalue weighted by molar-refractivity contribution is -0.0323. The maximum Gasteiger partial charge on any atom is 0.333 e. The van der Waals surface area contributed by atoms with E-state index in [-0.39, 0.29) is 0 Å². The third-order valence-electron chi connectivity index (χ3n) is 2.05. The minimum atomic E-state index is -4.09. The normalized spacial score (nSPS) is 35.5. The average Bonchev–Trinajstić information content (AvgIpc) is 2.43. The second kappa shape index (κ2) is 5.33. The van der Waals surface area contributed by atoms with Gasteiger partial charge in [-0.15, -0.1) is 0 Å². The molecule has 10 heteroatoms. The van der Waals surface area contributed by atoms with Crippen LogP contribution in [0.4, 0.5) is 0 Å². The minimum absolute atomic E-state index is 0.459. The van der Waals surface area contributed by atoms with Gasteiger partial charge >= 0.3 is 10.3 Å². The van der Waals surface area contributed by atoms with Crippen LogP contribution in [0.3, 0.4) is 0 Å². The molecule has 9 nitrogen and oxygen atoms in total. The molecule has 1 aliphatic rings. The molecule has 0 aromatic heterocycles. The molecule has 0 radical (unpaired) electrons. The first kappa shape index (κ1) is 13.7. The number of nitrogens with two attached hydrogens (primary N) is 1. The smallest absolute Gasteiger partial charge is 0.333 e. The van der Waals surface area contributed by atoms with E-state index in [1.54, 1.807) is 7.05 Å². The fourth-order valence-corrected chi connectivity index (χ4v) is 1.63. The number of nitrogens with one attached hydrogen (secondary N) is 2. The topological polar surface area (TPSA) is 143 Å². The summed E-state index contributed by atoms with van der Waals surface area (Å²) in [7, 11) is -2.54. The molecule has 6 N–H and O–H groups in total. The molecule has 0 saturated carbocycles. The van der Waals surface area contributed by atoms with Crippen LogP contribution in [0.15, 0.2) is 0 Å². The Morgan fingerprint density at radius 2 is 2.06 bits per heavy atom. The van der Waals surface area contributed by atoms with Gasteiger partial charge in [0.25, 0.3) is 0 Å². The molecule has 0 aromatic rings. The lowest BCUT2D eigenvalue weighted by atomic mass is 10.1. The Morgan fingerprint density at radius 1 is 1.44 bits per heavy atom. The van der Waals surface area contributed by atoms with E-state index >= 15 is 0 Å². The van der Waals surface area contributed by atoms with Gasteiger partial charge in [-0.1, -0.05) is 0 Å². The van der Waals surface area contributed by atoms with Crippen LogP contribution in [0.2, 0.25) is 0 Å². The second-order valence-electron chi connectivity index (χ2n) is 3.25. The van der Waals surface area contributed by atoms with Crippen LogP contribution in [0, 0.1) is 0 Å². The van der Waals surface area contributed by atoms with Gasteiger partial charge in [0, 0.05) is 0 Å². The summed E-state index contributed by atoms with van der Waals surface area (Å²) >= 11 is 0. The highest BCUT2D eigenvalue weighted by Gasteiger charge is 2.42. The highest BCUT2D eigenvalue weighted by molar-refractivity contribution is 7.84. The number of hydrogen-bond acceptors (Lipinski definition) is 8. The average molecular weight is 257 g/mol. The molecule has 1 aliphatic heterocycles. The molecule has 0 aliphatic carbocycles. The largest absolute Gasteiger partial charge is 0.387 e. The van der Waals surface area contributed by atoms with E-state index in [2.05, 4.69) is 20.2 Å². The molecular formula is C6H15N3O6S. The van der Waals surface area contributed by atoms with Gasteiger partial charge < -0.3 is 14.9 Å². The fourth-order valence-electron chi connectivity index (χ4n) is 1.31. The van der Waals surface area contributed by atoms with Gasteiger partial charge in [0.15, 0.2) is 0 Å². The number of aliphatic hydroxyl groups is 2. The van der Waals surface area contributed by atoms with Crippen molar-refractivity contribution < 1.29 is 27.6 Å². The van der Waals surface area contributed by atoms with E-state index in [0.29, 0.717) is 0 Å². The third-order valence-corrected chi connectivity index (χ3v) is 2.51. The lowest BCUT2D eigenvalue weighted by Gasteiger charge is -2.14. The van der Waals surface area contributed by atoms with Crippen molar-refractivity contribution in [1.29, 1.82) is 0 Å². The van der Waals surface area contributed by atoms with E-state index in [1.807, 2.05) is 0 Å². The molecule has 0 unspecified atom stereocenters. The standard InChI is InChI=1S/C6H15N3O6S/c1-8-9-6-5(11)4(10)3(15-6)2-14-16(7,12)13/h3-6,8-11H,2H2,1H3,(H2,7,12,13)/t3-,4-,5-,6-/m1/s1. The monoisotopic (exact) mass is 257 g/mol. The molecule has 1 heterocycles. The van der Waals surface area contributed by atoms with Crippen LogP contribution in [0.25, 0.3) is 0 Å². The Morgan fingerprint density at radius 3 is 2.56 bits per heavy atom. The second-order valence-corrected chi connectivity index (χ2v) is 4.47. The molecule has 4 atom stereocenters. The first-order chi connectivity index (χ1) is 7.35. The van der Waals surface area contributed by atoms with Gasteiger partial charge in [-0.05, 0) is 7.05 Å². The maximum atomic E-state index is 10.5. The van der Waals surface area contributed by atoms with Crippen molar-refractivity contribution >= 4 is 10.3 Å². The molecule has 1 fully saturated rings. The quantitative estimate of drug-likeness (QED) is 0.317. The SMILES string of the molecule is CNN[C@@H]1O[C@H](COS(N)(=O)=O)[C@@H](O)[C@H]1O. The van der Waals surface area contributed by atoms with E-state index < -0.39 is 41.5 Å². The van der Waals surface area contributed by atoms with Crippen molar-refractivity contribution in [1.82, 2.24) is 10.9 Å². The van der Waals surface area contributed by atoms with Crippen LogP contribution in [-0.2, 0) is 19.2 Å². The highest BCUT2D eigenvalue weighted by Crippen LogP contribution is 2.19. The molecule has 0 aromatic carbocycles. The molecule has 0 amide bonds. The first-order valence-corrected chi connectivity index (χ1v) is 5.93. The minimum Gasteiger partial charge on any atom is -0.387 e. The summed E-state index contributed by atoms with van der Waals surface area (Å²) in [6.45, 7) is -0.459. The van der Waals surface area contributed by atoms with Crippen LogP contribution < -0.4 is 16.0 Å². The third kappa shape index (κ3) is 3.61. The predicted octanol–water partition coefficient (Wildman–Crippen LogP) is -3.62. The maximum absolute atomic E-state index is 10.5. The molecule has 1 rings (SSSR count). The number of ether oxygens (including phenoxy) is 1. The first-order valence-electron chi connectivity index (χ1n) is 4.46. The van der Waals surface area contributed by atoms with Crippen molar-refractivity contribution in [2.45, 2.75) is 24.5 Å². The van der Waals surface area contributed by atoms with Gasteiger partial charge in [0.2, 0.25) is 0 Å². The number of rotatable bonds is 5. The van der Waals surface area contributed by atoms with Crippen molar-refractivity contribution in [2.75, 3.05) is 13.7 Å². The van der Waals surface area contributed by atoms with E-state index in [4.69, 9.17) is 4.74 Å². The van der Waals surface area contributed by atoms with Crippen LogP contribution in [0.1, 0.15) is 0 Å². The summed E-state index contributed by atoms with van der Waals surface area (Å²) in [6.07, 6.45) is -4.28. The van der Waals surface area contributed by atoms with Gasteiger partial charge in [-0.2, -0.15) is 8.42 Å². The van der Waals surface area contributed by atoms with Crippen LogP contribution in [0.5, 0.6) is 0 Å². The molecule has 96 valence electrons. The Hall–Kier alpha value is -0.330. The van der Waals surface area contributed by atoms with Crippen molar-refractivity contribution in [3.05, 3.63) is 0 Å². The number of aliphatic hydroxyl groups excluding tert-OH is 2. The summed E-state index contributed by atoms with van der Waals surface area (Å²) in [4.78, 5) is 0. The molecule has 1 saturated heterocycles. The van der Waals surface area contributed by atoms with Gasteiger partial charge in [0.1, 0.15) is 24.5 Å². The fraction of sp³-hybridized carbons (Fsp3) is 1.00. The van der Waals surface area contributed by atoms with E-state index in [9.17, 15) is 18.6 Å². The zero-order valence-electron chi connectivity index (χ0n) is 8.53.